The van der Waals surface area contributed by atoms with E-state index in [1.807, 2.05) is 4.90 Å². The van der Waals surface area contributed by atoms with Crippen molar-refractivity contribution in [3.63, 3.8) is 0 Å². The minimum atomic E-state index is -3.85. The first-order valence-corrected chi connectivity index (χ1v) is 11.8. The molecule has 164 valence electrons. The molecule has 1 saturated heterocycles. The van der Waals surface area contributed by atoms with E-state index in [2.05, 4.69) is 20.0 Å². The largest absolute Gasteiger partial charge is 0.339 e. The number of likely N-dealkylation sites (tertiary alicyclic amines) is 1. The van der Waals surface area contributed by atoms with Crippen LogP contribution in [0.4, 0.5) is 11.6 Å². The number of hydrogen-bond acceptors (Lipinski definition) is 6. The van der Waals surface area contributed by atoms with Crippen LogP contribution >= 0.6 is 0 Å². The highest BCUT2D eigenvalue weighted by atomic mass is 32.2. The fraction of sp³-hybridized carbons (Fsp3) is 0.429. The molecule has 1 aliphatic heterocycles. The molecule has 0 radical (unpaired) electrons. The quantitative estimate of drug-likeness (QED) is 0.707. The zero-order chi connectivity index (χ0) is 22.0. The summed E-state index contributed by atoms with van der Waals surface area (Å²) in [5.41, 5.74) is 1.12. The first-order valence-electron chi connectivity index (χ1n) is 10.3. The summed E-state index contributed by atoms with van der Waals surface area (Å²) in [4.78, 5) is 34.8. The van der Waals surface area contributed by atoms with Gasteiger partial charge in [0.25, 0.3) is 10.0 Å². The number of benzene rings is 1. The number of carbonyl (C=O) groups is 2. The third-order valence-electron chi connectivity index (χ3n) is 5.75. The Kier molecular flexibility index (Phi) is 5.90. The summed E-state index contributed by atoms with van der Waals surface area (Å²) in [6.45, 7) is 2.18. The summed E-state index contributed by atoms with van der Waals surface area (Å²) in [6, 6.07) is 7.78. The predicted molar refractivity (Wildman–Crippen MR) is 115 cm³/mol. The Labute approximate surface area is 181 Å². The Hall–Kier alpha value is -3.01. The van der Waals surface area contributed by atoms with Gasteiger partial charge in [-0.1, -0.05) is 12.8 Å². The number of carbonyl (C=O) groups excluding carboxylic acids is 2. The van der Waals surface area contributed by atoms with Crippen LogP contribution in [0.3, 0.4) is 0 Å². The Morgan fingerprint density at radius 2 is 1.84 bits per heavy atom. The summed E-state index contributed by atoms with van der Waals surface area (Å²) < 4.78 is 27.4. The number of anilines is 2. The number of aromatic nitrogens is 2. The summed E-state index contributed by atoms with van der Waals surface area (Å²) in [5, 5.41) is 2.79. The third kappa shape index (κ3) is 4.84. The normalized spacial score (nSPS) is 19.6. The zero-order valence-electron chi connectivity index (χ0n) is 17.2. The molecule has 0 unspecified atom stereocenters. The van der Waals surface area contributed by atoms with Gasteiger partial charge in [-0.05, 0) is 50.1 Å². The molecule has 31 heavy (non-hydrogen) atoms. The molecule has 1 aromatic carbocycles. The van der Waals surface area contributed by atoms with Crippen LogP contribution in [0.1, 0.15) is 37.8 Å². The highest BCUT2D eigenvalue weighted by Gasteiger charge is 2.38. The maximum atomic E-state index is 12.6. The van der Waals surface area contributed by atoms with Crippen molar-refractivity contribution in [1.82, 2.24) is 14.9 Å². The fourth-order valence-corrected chi connectivity index (χ4v) is 5.07. The van der Waals surface area contributed by atoms with Crippen LogP contribution in [0.5, 0.6) is 0 Å². The molecular formula is C21H25N5O4S. The van der Waals surface area contributed by atoms with Crippen molar-refractivity contribution < 1.29 is 18.0 Å². The Morgan fingerprint density at radius 3 is 2.52 bits per heavy atom. The molecule has 0 bridgehead atoms. The van der Waals surface area contributed by atoms with E-state index in [4.69, 9.17) is 0 Å². The Bertz CT molecular complexity index is 1080. The lowest BCUT2D eigenvalue weighted by Crippen LogP contribution is -2.35. The molecule has 2 heterocycles. The number of rotatable bonds is 6. The lowest BCUT2D eigenvalue weighted by atomic mass is 10.1. The van der Waals surface area contributed by atoms with Crippen LogP contribution in [0.2, 0.25) is 0 Å². The molecule has 1 aromatic heterocycles. The Balaban J connectivity index is 1.38. The zero-order valence-corrected chi connectivity index (χ0v) is 18.1. The topological polar surface area (TPSA) is 121 Å². The Morgan fingerprint density at radius 1 is 1.13 bits per heavy atom. The van der Waals surface area contributed by atoms with Crippen LogP contribution in [-0.2, 0) is 19.6 Å². The maximum Gasteiger partial charge on any atom is 0.264 e. The van der Waals surface area contributed by atoms with Crippen molar-refractivity contribution in [2.75, 3.05) is 16.6 Å². The van der Waals surface area contributed by atoms with E-state index < -0.39 is 15.9 Å². The van der Waals surface area contributed by atoms with Crippen LogP contribution in [0.25, 0.3) is 0 Å². The van der Waals surface area contributed by atoms with Crippen molar-refractivity contribution in [1.29, 1.82) is 0 Å². The van der Waals surface area contributed by atoms with Gasteiger partial charge in [0.2, 0.25) is 17.8 Å². The summed E-state index contributed by atoms with van der Waals surface area (Å²) in [7, 11) is -3.85. The smallest absolute Gasteiger partial charge is 0.264 e. The standard InChI is InChI=1S/C21H25N5O4S/c1-14-10-11-22-21(23-14)25-31(29,30)18-8-6-16(7-9-18)24-20(28)15-12-19(27)26(13-15)17-4-2-3-5-17/h6-11,15,17H,2-5,12-13H2,1H3,(H,24,28)(H,22,23,25)/t15-/m0/s1. The maximum absolute atomic E-state index is 12.6. The van der Waals surface area contributed by atoms with Crippen LogP contribution in [0, 0.1) is 12.8 Å². The van der Waals surface area contributed by atoms with Gasteiger partial charge in [-0.15, -0.1) is 0 Å². The van der Waals surface area contributed by atoms with E-state index in [0.29, 0.717) is 17.9 Å². The van der Waals surface area contributed by atoms with Gasteiger partial charge in [0.05, 0.1) is 10.8 Å². The monoisotopic (exact) mass is 443 g/mol. The molecule has 0 spiro atoms. The van der Waals surface area contributed by atoms with Gasteiger partial charge in [-0.25, -0.2) is 23.1 Å². The molecule has 2 N–H and O–H groups in total. The number of nitrogens with zero attached hydrogens (tertiary/aromatic N) is 3. The van der Waals surface area contributed by atoms with Gasteiger partial charge < -0.3 is 10.2 Å². The molecule has 2 amide bonds. The van der Waals surface area contributed by atoms with E-state index >= 15 is 0 Å². The summed E-state index contributed by atoms with van der Waals surface area (Å²) in [6.07, 6.45) is 5.97. The van der Waals surface area contributed by atoms with Gasteiger partial charge in [0.15, 0.2) is 0 Å². The number of amides is 2. The molecule has 2 aromatic rings. The molecule has 2 aliphatic rings. The van der Waals surface area contributed by atoms with E-state index in [-0.39, 0.29) is 35.1 Å². The second-order valence-electron chi connectivity index (χ2n) is 8.03. The first-order chi connectivity index (χ1) is 14.8. The molecule has 1 atom stereocenters. The SMILES string of the molecule is Cc1ccnc(NS(=O)(=O)c2ccc(NC(=O)[C@H]3CC(=O)N(C4CCCC4)C3)cc2)n1. The molecular weight excluding hydrogens is 418 g/mol. The van der Waals surface area contributed by atoms with E-state index in [9.17, 15) is 18.0 Å². The molecule has 10 heteroatoms. The predicted octanol–water partition coefficient (Wildman–Crippen LogP) is 2.32. The first kappa shape index (κ1) is 21.2. The lowest BCUT2D eigenvalue weighted by molar-refractivity contribution is -0.129. The number of aryl methyl sites for hydroxylation is 1. The third-order valence-corrected chi connectivity index (χ3v) is 7.09. The average molecular weight is 444 g/mol. The van der Waals surface area contributed by atoms with Gasteiger partial charge in [-0.3, -0.25) is 9.59 Å². The van der Waals surface area contributed by atoms with Crippen molar-refractivity contribution in [3.05, 3.63) is 42.2 Å². The number of sulfonamides is 1. The summed E-state index contributed by atoms with van der Waals surface area (Å²) >= 11 is 0. The van der Waals surface area contributed by atoms with Gasteiger partial charge >= 0.3 is 0 Å². The summed E-state index contributed by atoms with van der Waals surface area (Å²) in [5.74, 6) is -0.583. The number of nitrogens with one attached hydrogen (secondary N) is 2. The van der Waals surface area contributed by atoms with Crippen molar-refractivity contribution in [3.8, 4) is 0 Å². The molecule has 4 rings (SSSR count). The minimum absolute atomic E-state index is 0.00454. The molecule has 1 saturated carbocycles. The molecule has 1 aliphatic carbocycles. The van der Waals surface area contributed by atoms with Crippen LogP contribution in [0.15, 0.2) is 41.4 Å². The highest BCUT2D eigenvalue weighted by molar-refractivity contribution is 7.92. The average Bonchev–Trinajstić information content (AvgIpc) is 3.37. The van der Waals surface area contributed by atoms with Gasteiger partial charge in [-0.2, -0.15) is 0 Å². The van der Waals surface area contributed by atoms with Crippen molar-refractivity contribution in [2.45, 2.75) is 50.0 Å². The second kappa shape index (κ2) is 8.62. The van der Waals surface area contributed by atoms with Crippen LogP contribution in [-0.4, -0.2) is 47.7 Å². The van der Waals surface area contributed by atoms with Crippen molar-refractivity contribution in [2.24, 2.45) is 5.92 Å². The second-order valence-corrected chi connectivity index (χ2v) is 9.71. The van der Waals surface area contributed by atoms with E-state index in [1.54, 1.807) is 13.0 Å². The molecule has 9 nitrogen and oxygen atoms in total. The highest BCUT2D eigenvalue weighted by Crippen LogP contribution is 2.30. The van der Waals surface area contributed by atoms with Crippen molar-refractivity contribution >= 4 is 33.5 Å². The van der Waals surface area contributed by atoms with Gasteiger partial charge in [0.1, 0.15) is 0 Å². The number of hydrogen-bond donors (Lipinski definition) is 2. The van der Waals surface area contributed by atoms with E-state index in [0.717, 1.165) is 25.7 Å². The van der Waals surface area contributed by atoms with E-state index in [1.165, 1.54) is 30.5 Å². The van der Waals surface area contributed by atoms with Gasteiger partial charge in [0, 0.05) is 36.6 Å². The fourth-order valence-electron chi connectivity index (χ4n) is 4.12. The molecule has 2 fully saturated rings. The van der Waals surface area contributed by atoms with Crippen LogP contribution < -0.4 is 10.0 Å². The lowest BCUT2D eigenvalue weighted by Gasteiger charge is -2.23. The minimum Gasteiger partial charge on any atom is -0.339 e.